The van der Waals surface area contributed by atoms with Crippen molar-refractivity contribution >= 4 is 27.5 Å². The van der Waals surface area contributed by atoms with E-state index in [4.69, 9.17) is 0 Å². The molecule has 0 aromatic heterocycles. The molecule has 0 aliphatic carbocycles. The van der Waals surface area contributed by atoms with Crippen molar-refractivity contribution in [1.29, 1.82) is 0 Å². The Balaban J connectivity index is 2.38. The Kier molecular flexibility index (Phi) is 8.00. The van der Waals surface area contributed by atoms with Gasteiger partial charge in [0.15, 0.2) is 0 Å². The van der Waals surface area contributed by atoms with E-state index in [0.717, 1.165) is 21.7 Å². The number of amides is 2. The molecule has 0 saturated carbocycles. The average Bonchev–Trinajstić information content (AvgIpc) is 2.72. The van der Waals surface area contributed by atoms with Crippen molar-refractivity contribution in [2.45, 2.75) is 32.9 Å². The summed E-state index contributed by atoms with van der Waals surface area (Å²) in [5.74, 6) is -0.733. The van der Waals surface area contributed by atoms with Gasteiger partial charge in [0.05, 0.1) is 11.9 Å². The lowest BCUT2D eigenvalue weighted by atomic mass is 10.1. The summed E-state index contributed by atoms with van der Waals surface area (Å²) in [6, 6.07) is 15.4. The van der Waals surface area contributed by atoms with E-state index >= 15 is 0 Å². The number of carbonyl (C=O) groups excluding carboxylic acids is 2. The van der Waals surface area contributed by atoms with Crippen LogP contribution in [0, 0.1) is 6.92 Å². The number of hydrogen-bond donors (Lipinski definition) is 1. The summed E-state index contributed by atoms with van der Waals surface area (Å²) in [4.78, 5) is 27.2. The fraction of sp³-hybridized carbons (Fsp3) is 0.364. The SMILES string of the molecule is CCC(C(=O)NC)N(Cc1ccc(C)cc1)C(=O)CN(c1ccccc1)S(C)(=O)=O. The van der Waals surface area contributed by atoms with Gasteiger partial charge in [0.25, 0.3) is 0 Å². The van der Waals surface area contributed by atoms with Crippen molar-refractivity contribution in [2.24, 2.45) is 0 Å². The second-order valence-electron chi connectivity index (χ2n) is 7.15. The molecule has 2 amide bonds. The topological polar surface area (TPSA) is 86.8 Å². The van der Waals surface area contributed by atoms with E-state index in [0.29, 0.717) is 12.1 Å². The van der Waals surface area contributed by atoms with Crippen LogP contribution in [0.4, 0.5) is 5.69 Å². The molecular formula is C22H29N3O4S. The summed E-state index contributed by atoms with van der Waals surface area (Å²) in [5.41, 5.74) is 2.35. The van der Waals surface area contributed by atoms with Crippen LogP contribution in [0.2, 0.25) is 0 Å². The number of aryl methyl sites for hydroxylation is 1. The highest BCUT2D eigenvalue weighted by Crippen LogP contribution is 2.19. The van der Waals surface area contributed by atoms with Crippen LogP contribution in [0.3, 0.4) is 0 Å². The van der Waals surface area contributed by atoms with Crippen LogP contribution in [0.1, 0.15) is 24.5 Å². The van der Waals surface area contributed by atoms with Gasteiger partial charge in [0.1, 0.15) is 12.6 Å². The minimum absolute atomic E-state index is 0.206. The van der Waals surface area contributed by atoms with Crippen LogP contribution < -0.4 is 9.62 Å². The molecule has 162 valence electrons. The van der Waals surface area contributed by atoms with Crippen LogP contribution in [-0.4, -0.2) is 51.0 Å². The highest BCUT2D eigenvalue weighted by molar-refractivity contribution is 7.92. The Labute approximate surface area is 178 Å². The van der Waals surface area contributed by atoms with Crippen molar-refractivity contribution in [2.75, 3.05) is 24.2 Å². The molecule has 0 aliphatic rings. The largest absolute Gasteiger partial charge is 0.357 e. The van der Waals surface area contributed by atoms with E-state index in [-0.39, 0.29) is 19.0 Å². The van der Waals surface area contributed by atoms with Gasteiger partial charge in [-0.05, 0) is 31.0 Å². The third kappa shape index (κ3) is 6.06. The molecule has 30 heavy (non-hydrogen) atoms. The van der Waals surface area contributed by atoms with Gasteiger partial charge in [0, 0.05) is 13.6 Å². The normalized spacial score (nSPS) is 12.1. The zero-order chi connectivity index (χ0) is 22.3. The predicted molar refractivity (Wildman–Crippen MR) is 119 cm³/mol. The Morgan fingerprint density at radius 3 is 2.13 bits per heavy atom. The van der Waals surface area contributed by atoms with Crippen LogP contribution in [0.15, 0.2) is 54.6 Å². The summed E-state index contributed by atoms with van der Waals surface area (Å²) < 4.78 is 25.8. The third-order valence-electron chi connectivity index (χ3n) is 4.83. The lowest BCUT2D eigenvalue weighted by Crippen LogP contribution is -2.51. The Hall–Kier alpha value is -2.87. The van der Waals surface area contributed by atoms with Crippen molar-refractivity contribution < 1.29 is 18.0 Å². The lowest BCUT2D eigenvalue weighted by Gasteiger charge is -2.32. The monoisotopic (exact) mass is 431 g/mol. The van der Waals surface area contributed by atoms with Crippen molar-refractivity contribution in [3.8, 4) is 0 Å². The van der Waals surface area contributed by atoms with E-state index in [2.05, 4.69) is 5.32 Å². The maximum Gasteiger partial charge on any atom is 0.244 e. The molecular weight excluding hydrogens is 402 g/mol. The highest BCUT2D eigenvalue weighted by atomic mass is 32.2. The van der Waals surface area contributed by atoms with Gasteiger partial charge in [-0.3, -0.25) is 13.9 Å². The quantitative estimate of drug-likeness (QED) is 0.660. The van der Waals surface area contributed by atoms with Crippen molar-refractivity contribution in [3.63, 3.8) is 0 Å². The molecule has 0 heterocycles. The molecule has 2 aromatic rings. The number of nitrogens with zero attached hydrogens (tertiary/aromatic N) is 2. The summed E-state index contributed by atoms with van der Waals surface area (Å²) in [5, 5.41) is 2.60. The van der Waals surface area contributed by atoms with Crippen LogP contribution in [-0.2, 0) is 26.2 Å². The van der Waals surface area contributed by atoms with Gasteiger partial charge in [-0.15, -0.1) is 0 Å². The van der Waals surface area contributed by atoms with E-state index in [1.54, 1.807) is 30.3 Å². The Morgan fingerprint density at radius 1 is 1.03 bits per heavy atom. The zero-order valence-electron chi connectivity index (χ0n) is 17.8. The Morgan fingerprint density at radius 2 is 1.63 bits per heavy atom. The smallest absolute Gasteiger partial charge is 0.244 e. The first-order valence-electron chi connectivity index (χ1n) is 9.76. The minimum atomic E-state index is -3.70. The molecule has 0 bridgehead atoms. The number of carbonyl (C=O) groups is 2. The van der Waals surface area contributed by atoms with Crippen LogP contribution >= 0.6 is 0 Å². The van der Waals surface area contributed by atoms with Gasteiger partial charge in [0.2, 0.25) is 21.8 Å². The number of benzene rings is 2. The maximum atomic E-state index is 13.3. The second kappa shape index (κ2) is 10.2. The molecule has 1 N–H and O–H groups in total. The molecule has 7 nitrogen and oxygen atoms in total. The minimum Gasteiger partial charge on any atom is -0.357 e. The van der Waals surface area contributed by atoms with E-state index < -0.39 is 22.0 Å². The van der Waals surface area contributed by atoms with E-state index in [9.17, 15) is 18.0 Å². The number of rotatable bonds is 9. The first-order chi connectivity index (χ1) is 14.2. The second-order valence-corrected chi connectivity index (χ2v) is 9.06. The molecule has 1 unspecified atom stereocenters. The lowest BCUT2D eigenvalue weighted by molar-refractivity contribution is -0.140. The predicted octanol–water partition coefficient (Wildman–Crippen LogP) is 2.31. The molecule has 0 aliphatic heterocycles. The molecule has 2 aromatic carbocycles. The van der Waals surface area contributed by atoms with Gasteiger partial charge < -0.3 is 10.2 Å². The first kappa shape index (κ1) is 23.4. The number of anilines is 1. The fourth-order valence-corrected chi connectivity index (χ4v) is 4.03. The van der Waals surface area contributed by atoms with E-state index in [1.165, 1.54) is 11.9 Å². The number of sulfonamides is 1. The summed E-state index contributed by atoms with van der Waals surface area (Å²) in [6.07, 6.45) is 1.47. The number of hydrogen-bond acceptors (Lipinski definition) is 4. The number of para-hydroxylation sites is 1. The molecule has 0 saturated heterocycles. The van der Waals surface area contributed by atoms with E-state index in [1.807, 2.05) is 38.1 Å². The number of nitrogens with one attached hydrogen (secondary N) is 1. The molecule has 0 radical (unpaired) electrons. The van der Waals surface area contributed by atoms with Gasteiger partial charge in [-0.1, -0.05) is 55.0 Å². The Bertz CT molecular complexity index is 960. The molecule has 2 rings (SSSR count). The van der Waals surface area contributed by atoms with Crippen molar-refractivity contribution in [1.82, 2.24) is 10.2 Å². The van der Waals surface area contributed by atoms with Crippen LogP contribution in [0.25, 0.3) is 0 Å². The standard InChI is InChI=1S/C22H29N3O4S/c1-5-20(22(27)23-3)24(15-18-13-11-17(2)12-14-18)21(26)16-25(30(4,28)29)19-9-7-6-8-10-19/h6-14,20H,5,15-16H2,1-4H3,(H,23,27). The average molecular weight is 432 g/mol. The maximum absolute atomic E-state index is 13.3. The summed E-state index contributed by atoms with van der Waals surface area (Å²) in [6.45, 7) is 3.61. The van der Waals surface area contributed by atoms with Crippen LogP contribution in [0.5, 0.6) is 0 Å². The first-order valence-corrected chi connectivity index (χ1v) is 11.6. The molecule has 0 fully saturated rings. The fourth-order valence-electron chi connectivity index (χ4n) is 3.18. The molecule has 8 heteroatoms. The highest BCUT2D eigenvalue weighted by Gasteiger charge is 2.31. The third-order valence-corrected chi connectivity index (χ3v) is 5.97. The van der Waals surface area contributed by atoms with Crippen molar-refractivity contribution in [3.05, 3.63) is 65.7 Å². The zero-order valence-corrected chi connectivity index (χ0v) is 18.6. The summed E-state index contributed by atoms with van der Waals surface area (Å²) >= 11 is 0. The van der Waals surface area contributed by atoms with Gasteiger partial charge in [-0.25, -0.2) is 8.42 Å². The van der Waals surface area contributed by atoms with Gasteiger partial charge >= 0.3 is 0 Å². The number of likely N-dealkylation sites (N-methyl/N-ethyl adjacent to an activating group) is 1. The molecule has 1 atom stereocenters. The summed E-state index contributed by atoms with van der Waals surface area (Å²) in [7, 11) is -2.18. The molecule has 0 spiro atoms. The van der Waals surface area contributed by atoms with Gasteiger partial charge in [-0.2, -0.15) is 0 Å².